The smallest absolute Gasteiger partial charge is 0.317 e. The van der Waals surface area contributed by atoms with Crippen molar-refractivity contribution in [3.8, 4) is 0 Å². The Labute approximate surface area is 147 Å². The molecule has 3 rings (SSSR count). The minimum Gasteiger partial charge on any atom is -0.481 e. The van der Waals surface area contributed by atoms with E-state index in [1.807, 2.05) is 25.3 Å². The fraction of sp³-hybridized carbons (Fsp3) is 0.474. The first kappa shape index (κ1) is 17.3. The van der Waals surface area contributed by atoms with E-state index in [0.29, 0.717) is 19.5 Å². The number of amides is 2. The quantitative estimate of drug-likeness (QED) is 0.798. The van der Waals surface area contributed by atoms with Gasteiger partial charge < -0.3 is 20.3 Å². The Bertz CT molecular complexity index is 783. The average molecular weight is 343 g/mol. The zero-order valence-corrected chi connectivity index (χ0v) is 14.7. The van der Waals surface area contributed by atoms with Gasteiger partial charge in [-0.05, 0) is 42.9 Å². The largest absolute Gasteiger partial charge is 0.481 e. The maximum Gasteiger partial charge on any atom is 0.317 e. The standard InChI is InChI=1S/C19H25N3O3/c1-12-8-15(18(23)24)11-22(10-12)19(25)20-7-6-14-9-21-16-5-3-4-13(2)17(14)16/h3-5,9,12,15,21H,6-8,10-11H2,1-2H3,(H,20,25)(H,23,24). The van der Waals surface area contributed by atoms with Crippen molar-refractivity contribution in [2.24, 2.45) is 11.8 Å². The Morgan fingerprint density at radius 3 is 2.92 bits per heavy atom. The Morgan fingerprint density at radius 2 is 2.16 bits per heavy atom. The minimum atomic E-state index is -0.821. The number of nitrogens with one attached hydrogen (secondary N) is 2. The van der Waals surface area contributed by atoms with Gasteiger partial charge in [-0.15, -0.1) is 0 Å². The molecule has 2 unspecified atom stereocenters. The summed E-state index contributed by atoms with van der Waals surface area (Å²) >= 11 is 0. The molecule has 1 fully saturated rings. The predicted molar refractivity (Wildman–Crippen MR) is 96.6 cm³/mol. The van der Waals surface area contributed by atoms with E-state index in [1.165, 1.54) is 16.5 Å². The molecule has 1 aliphatic rings. The molecule has 25 heavy (non-hydrogen) atoms. The third kappa shape index (κ3) is 3.78. The van der Waals surface area contributed by atoms with Gasteiger partial charge >= 0.3 is 12.0 Å². The first-order valence-electron chi connectivity index (χ1n) is 8.77. The molecule has 134 valence electrons. The molecule has 1 aliphatic heterocycles. The van der Waals surface area contributed by atoms with Crippen LogP contribution >= 0.6 is 0 Å². The molecule has 2 aromatic rings. The van der Waals surface area contributed by atoms with Gasteiger partial charge in [0.25, 0.3) is 0 Å². The molecule has 1 saturated heterocycles. The number of H-pyrrole nitrogens is 1. The van der Waals surface area contributed by atoms with Crippen LogP contribution in [0.1, 0.15) is 24.5 Å². The summed E-state index contributed by atoms with van der Waals surface area (Å²) in [4.78, 5) is 28.5. The second-order valence-electron chi connectivity index (χ2n) is 7.07. The van der Waals surface area contributed by atoms with Crippen LogP contribution in [0.4, 0.5) is 4.79 Å². The fourth-order valence-corrected chi connectivity index (χ4v) is 3.76. The number of benzene rings is 1. The van der Waals surface area contributed by atoms with E-state index in [4.69, 9.17) is 0 Å². The summed E-state index contributed by atoms with van der Waals surface area (Å²) in [7, 11) is 0. The summed E-state index contributed by atoms with van der Waals surface area (Å²) in [5, 5.41) is 13.4. The molecule has 2 amide bonds. The summed E-state index contributed by atoms with van der Waals surface area (Å²) in [5.41, 5.74) is 3.51. The number of carboxylic acid groups (broad SMARTS) is 1. The monoisotopic (exact) mass is 343 g/mol. The SMILES string of the molecule is Cc1cccc2[nH]cc(CCNC(=O)N3CC(C)CC(C(=O)O)C3)c12. The second-order valence-corrected chi connectivity index (χ2v) is 7.07. The Hall–Kier alpha value is -2.50. The Balaban J connectivity index is 1.58. The van der Waals surface area contributed by atoms with Gasteiger partial charge in [0, 0.05) is 36.7 Å². The number of carboxylic acids is 1. The summed E-state index contributed by atoms with van der Waals surface area (Å²) in [5.74, 6) is -1.08. The first-order valence-corrected chi connectivity index (χ1v) is 8.77. The molecule has 2 heterocycles. The number of aliphatic carboxylic acids is 1. The van der Waals surface area contributed by atoms with Crippen LogP contribution in [0.3, 0.4) is 0 Å². The molecule has 3 N–H and O–H groups in total. The van der Waals surface area contributed by atoms with Crippen LogP contribution in [-0.2, 0) is 11.2 Å². The third-order valence-corrected chi connectivity index (χ3v) is 4.96. The molecular formula is C19H25N3O3. The Morgan fingerprint density at radius 1 is 1.36 bits per heavy atom. The zero-order chi connectivity index (χ0) is 18.0. The van der Waals surface area contributed by atoms with E-state index in [9.17, 15) is 14.7 Å². The van der Waals surface area contributed by atoms with E-state index in [2.05, 4.69) is 23.3 Å². The maximum absolute atomic E-state index is 12.4. The third-order valence-electron chi connectivity index (χ3n) is 4.96. The number of aryl methyl sites for hydroxylation is 1. The van der Waals surface area contributed by atoms with Crippen LogP contribution in [0, 0.1) is 18.8 Å². The second kappa shape index (κ2) is 7.17. The highest BCUT2D eigenvalue weighted by Crippen LogP contribution is 2.23. The number of hydrogen-bond acceptors (Lipinski definition) is 2. The van der Waals surface area contributed by atoms with Crippen molar-refractivity contribution in [2.75, 3.05) is 19.6 Å². The van der Waals surface area contributed by atoms with E-state index in [0.717, 1.165) is 11.9 Å². The molecule has 0 radical (unpaired) electrons. The molecule has 1 aromatic carbocycles. The number of likely N-dealkylation sites (tertiary alicyclic amines) is 1. The van der Waals surface area contributed by atoms with Crippen molar-refractivity contribution < 1.29 is 14.7 Å². The fourth-order valence-electron chi connectivity index (χ4n) is 3.76. The van der Waals surface area contributed by atoms with Crippen molar-refractivity contribution in [2.45, 2.75) is 26.7 Å². The minimum absolute atomic E-state index is 0.172. The lowest BCUT2D eigenvalue weighted by Crippen LogP contribution is -2.49. The number of aromatic nitrogens is 1. The lowest BCUT2D eigenvalue weighted by molar-refractivity contribution is -0.143. The van der Waals surface area contributed by atoms with E-state index >= 15 is 0 Å². The zero-order valence-electron chi connectivity index (χ0n) is 14.7. The van der Waals surface area contributed by atoms with Crippen LogP contribution < -0.4 is 5.32 Å². The molecule has 0 aliphatic carbocycles. The maximum atomic E-state index is 12.4. The summed E-state index contributed by atoms with van der Waals surface area (Å²) in [6, 6.07) is 5.98. The van der Waals surface area contributed by atoms with Crippen LogP contribution in [0.25, 0.3) is 10.9 Å². The van der Waals surface area contributed by atoms with Crippen molar-refractivity contribution in [1.29, 1.82) is 0 Å². The van der Waals surface area contributed by atoms with Gasteiger partial charge in [0.15, 0.2) is 0 Å². The van der Waals surface area contributed by atoms with Crippen molar-refractivity contribution in [3.05, 3.63) is 35.5 Å². The summed E-state index contributed by atoms with van der Waals surface area (Å²) in [6.45, 7) is 5.51. The number of rotatable bonds is 4. The lowest BCUT2D eigenvalue weighted by atomic mass is 9.91. The highest BCUT2D eigenvalue weighted by molar-refractivity contribution is 5.86. The first-order chi connectivity index (χ1) is 12.0. The van der Waals surface area contributed by atoms with Crippen LogP contribution in [0.15, 0.2) is 24.4 Å². The number of carbonyl (C=O) groups excluding carboxylic acids is 1. The van der Waals surface area contributed by atoms with Gasteiger partial charge in [0.1, 0.15) is 0 Å². The highest BCUT2D eigenvalue weighted by atomic mass is 16.4. The summed E-state index contributed by atoms with van der Waals surface area (Å²) in [6.07, 6.45) is 3.36. The Kier molecular flexibility index (Phi) is 4.97. The number of piperidine rings is 1. The number of aromatic amines is 1. The number of carbonyl (C=O) groups is 2. The van der Waals surface area contributed by atoms with Gasteiger partial charge in [-0.2, -0.15) is 0 Å². The van der Waals surface area contributed by atoms with Gasteiger partial charge in [-0.3, -0.25) is 4.79 Å². The number of hydrogen-bond donors (Lipinski definition) is 3. The van der Waals surface area contributed by atoms with Crippen LogP contribution in [-0.4, -0.2) is 46.6 Å². The molecule has 0 spiro atoms. The molecule has 2 atom stereocenters. The van der Waals surface area contributed by atoms with Crippen molar-refractivity contribution >= 4 is 22.9 Å². The van der Waals surface area contributed by atoms with Gasteiger partial charge in [0.2, 0.25) is 0 Å². The van der Waals surface area contributed by atoms with Crippen molar-refractivity contribution in [3.63, 3.8) is 0 Å². The molecule has 6 heteroatoms. The lowest BCUT2D eigenvalue weighted by Gasteiger charge is -2.34. The highest BCUT2D eigenvalue weighted by Gasteiger charge is 2.31. The topological polar surface area (TPSA) is 85.4 Å². The van der Waals surface area contributed by atoms with Crippen LogP contribution in [0.2, 0.25) is 0 Å². The molecule has 0 saturated carbocycles. The molecule has 6 nitrogen and oxygen atoms in total. The average Bonchev–Trinajstić information content (AvgIpc) is 2.98. The van der Waals surface area contributed by atoms with Crippen LogP contribution in [0.5, 0.6) is 0 Å². The van der Waals surface area contributed by atoms with E-state index in [1.54, 1.807) is 4.90 Å². The molecule has 1 aromatic heterocycles. The molecular weight excluding hydrogens is 318 g/mol. The normalized spacial score (nSPS) is 20.6. The van der Waals surface area contributed by atoms with Crippen molar-refractivity contribution in [1.82, 2.24) is 15.2 Å². The van der Waals surface area contributed by atoms with E-state index in [-0.39, 0.29) is 18.5 Å². The van der Waals surface area contributed by atoms with Gasteiger partial charge in [0.05, 0.1) is 5.92 Å². The van der Waals surface area contributed by atoms with E-state index < -0.39 is 11.9 Å². The van der Waals surface area contributed by atoms with Gasteiger partial charge in [-0.25, -0.2) is 4.79 Å². The van der Waals surface area contributed by atoms with Gasteiger partial charge in [-0.1, -0.05) is 19.1 Å². The predicted octanol–water partition coefficient (Wildman–Crippen LogP) is 2.77. The number of fused-ring (bicyclic) bond motifs is 1. The number of nitrogens with zero attached hydrogens (tertiary/aromatic N) is 1. The number of urea groups is 1. The molecule has 0 bridgehead atoms. The summed E-state index contributed by atoms with van der Waals surface area (Å²) < 4.78 is 0.